The first-order valence-corrected chi connectivity index (χ1v) is 7.96. The van der Waals surface area contributed by atoms with E-state index in [1.807, 2.05) is 6.07 Å². The minimum absolute atomic E-state index is 0.221. The van der Waals surface area contributed by atoms with E-state index in [1.165, 1.54) is 23.3 Å². The van der Waals surface area contributed by atoms with E-state index in [4.69, 9.17) is 11.6 Å². The van der Waals surface area contributed by atoms with Gasteiger partial charge in [0.05, 0.1) is 0 Å². The number of hydrogen-bond acceptors (Lipinski definition) is 0. The first kappa shape index (κ1) is 15.5. The molecule has 2 aromatic rings. The molecule has 0 saturated heterocycles. The second kappa shape index (κ2) is 7.24. The van der Waals surface area contributed by atoms with E-state index in [0.717, 1.165) is 22.9 Å². The Hall–Kier alpha value is -0.860. The summed E-state index contributed by atoms with van der Waals surface area (Å²) in [6, 6.07) is 13.3. The molecule has 0 spiro atoms. The molecule has 0 amide bonds. The SMILES string of the molecule is Cc1cccc(CC(CCl)Cc2ccc(F)cc2Br)c1. The van der Waals surface area contributed by atoms with E-state index in [2.05, 4.69) is 47.1 Å². The van der Waals surface area contributed by atoms with Crippen LogP contribution in [0.5, 0.6) is 0 Å². The van der Waals surface area contributed by atoms with Crippen LogP contribution in [0, 0.1) is 18.7 Å². The van der Waals surface area contributed by atoms with Gasteiger partial charge in [0.25, 0.3) is 0 Å². The van der Waals surface area contributed by atoms with E-state index in [-0.39, 0.29) is 5.82 Å². The maximum absolute atomic E-state index is 13.1. The van der Waals surface area contributed by atoms with Gasteiger partial charge >= 0.3 is 0 Å². The third-order valence-electron chi connectivity index (χ3n) is 3.35. The van der Waals surface area contributed by atoms with Crippen molar-refractivity contribution in [2.24, 2.45) is 5.92 Å². The number of hydrogen-bond donors (Lipinski definition) is 0. The van der Waals surface area contributed by atoms with Crippen molar-refractivity contribution >= 4 is 27.5 Å². The number of aryl methyl sites for hydroxylation is 1. The van der Waals surface area contributed by atoms with Crippen molar-refractivity contribution < 1.29 is 4.39 Å². The standard InChI is InChI=1S/C17H17BrClF/c1-12-3-2-4-13(7-12)8-14(11-19)9-15-5-6-16(20)10-17(15)18/h2-7,10,14H,8-9,11H2,1H3. The number of rotatable bonds is 5. The Balaban J connectivity index is 2.09. The molecule has 0 fully saturated rings. The summed E-state index contributed by atoms with van der Waals surface area (Å²) >= 11 is 9.52. The fourth-order valence-corrected chi connectivity index (χ4v) is 3.08. The molecule has 0 radical (unpaired) electrons. The van der Waals surface area contributed by atoms with E-state index in [9.17, 15) is 4.39 Å². The Kier molecular flexibility index (Phi) is 5.62. The van der Waals surface area contributed by atoms with Crippen LogP contribution < -0.4 is 0 Å². The first-order valence-electron chi connectivity index (χ1n) is 6.64. The molecule has 0 bridgehead atoms. The lowest BCUT2D eigenvalue weighted by Crippen LogP contribution is -2.10. The Bertz CT molecular complexity index is 583. The van der Waals surface area contributed by atoms with Gasteiger partial charge in [-0.3, -0.25) is 0 Å². The molecule has 20 heavy (non-hydrogen) atoms. The van der Waals surface area contributed by atoms with Crippen LogP contribution in [0.1, 0.15) is 16.7 Å². The van der Waals surface area contributed by atoms with Gasteiger partial charge in [-0.15, -0.1) is 11.6 Å². The molecule has 2 aromatic carbocycles. The van der Waals surface area contributed by atoms with Crippen molar-refractivity contribution in [2.45, 2.75) is 19.8 Å². The van der Waals surface area contributed by atoms with Gasteiger partial charge in [0.2, 0.25) is 0 Å². The van der Waals surface area contributed by atoms with Gasteiger partial charge < -0.3 is 0 Å². The van der Waals surface area contributed by atoms with Crippen LogP contribution >= 0.6 is 27.5 Å². The molecule has 106 valence electrons. The zero-order valence-corrected chi connectivity index (χ0v) is 13.7. The van der Waals surface area contributed by atoms with Crippen molar-refractivity contribution in [1.82, 2.24) is 0 Å². The summed E-state index contributed by atoms with van der Waals surface area (Å²) < 4.78 is 13.9. The summed E-state index contributed by atoms with van der Waals surface area (Å²) in [7, 11) is 0. The average Bonchev–Trinajstić information content (AvgIpc) is 2.41. The van der Waals surface area contributed by atoms with Crippen molar-refractivity contribution in [3.05, 3.63) is 69.4 Å². The van der Waals surface area contributed by atoms with Gasteiger partial charge in [-0.25, -0.2) is 4.39 Å². The molecule has 0 heterocycles. The highest BCUT2D eigenvalue weighted by Crippen LogP contribution is 2.23. The van der Waals surface area contributed by atoms with Crippen molar-refractivity contribution in [3.63, 3.8) is 0 Å². The Morgan fingerprint density at radius 3 is 2.60 bits per heavy atom. The van der Waals surface area contributed by atoms with E-state index >= 15 is 0 Å². The van der Waals surface area contributed by atoms with Crippen LogP contribution in [0.25, 0.3) is 0 Å². The number of benzene rings is 2. The Morgan fingerprint density at radius 1 is 1.15 bits per heavy atom. The van der Waals surface area contributed by atoms with E-state index in [1.54, 1.807) is 0 Å². The lowest BCUT2D eigenvalue weighted by molar-refractivity contribution is 0.579. The smallest absolute Gasteiger partial charge is 0.124 e. The molecule has 0 saturated carbocycles. The largest absolute Gasteiger partial charge is 0.207 e. The Morgan fingerprint density at radius 2 is 1.95 bits per heavy atom. The predicted molar refractivity (Wildman–Crippen MR) is 86.9 cm³/mol. The molecule has 0 aliphatic rings. The molecule has 0 nitrogen and oxygen atoms in total. The van der Waals surface area contributed by atoms with E-state index in [0.29, 0.717) is 11.8 Å². The molecule has 3 heteroatoms. The molecular formula is C17H17BrClF. The molecule has 0 aromatic heterocycles. The van der Waals surface area contributed by atoms with Gasteiger partial charge in [0.15, 0.2) is 0 Å². The second-order valence-electron chi connectivity index (χ2n) is 5.15. The maximum atomic E-state index is 13.1. The third kappa shape index (κ3) is 4.32. The molecule has 1 atom stereocenters. The number of alkyl halides is 1. The van der Waals surface area contributed by atoms with Gasteiger partial charge in [-0.2, -0.15) is 0 Å². The lowest BCUT2D eigenvalue weighted by Gasteiger charge is -2.15. The topological polar surface area (TPSA) is 0 Å². The summed E-state index contributed by atoms with van der Waals surface area (Å²) in [5, 5.41) is 0. The average molecular weight is 356 g/mol. The summed E-state index contributed by atoms with van der Waals surface area (Å²) in [6.45, 7) is 2.09. The highest BCUT2D eigenvalue weighted by molar-refractivity contribution is 9.10. The minimum Gasteiger partial charge on any atom is -0.207 e. The van der Waals surface area contributed by atoms with Gasteiger partial charge in [-0.05, 0) is 48.9 Å². The lowest BCUT2D eigenvalue weighted by atomic mass is 9.93. The van der Waals surface area contributed by atoms with Crippen LogP contribution in [0.15, 0.2) is 46.9 Å². The summed E-state index contributed by atoms with van der Waals surface area (Å²) in [6.07, 6.45) is 1.79. The fraction of sp³-hybridized carbons (Fsp3) is 0.294. The van der Waals surface area contributed by atoms with Crippen molar-refractivity contribution in [3.8, 4) is 0 Å². The van der Waals surface area contributed by atoms with Gasteiger partial charge in [-0.1, -0.05) is 51.8 Å². The minimum atomic E-state index is -0.221. The molecule has 1 unspecified atom stereocenters. The molecule has 0 N–H and O–H groups in total. The molecule has 0 aliphatic carbocycles. The third-order valence-corrected chi connectivity index (χ3v) is 4.52. The summed E-state index contributed by atoms with van der Waals surface area (Å²) in [4.78, 5) is 0. The van der Waals surface area contributed by atoms with Crippen LogP contribution in [0.2, 0.25) is 0 Å². The number of halogens is 3. The second-order valence-corrected chi connectivity index (χ2v) is 6.32. The fourth-order valence-electron chi connectivity index (χ4n) is 2.35. The van der Waals surface area contributed by atoms with Crippen molar-refractivity contribution in [2.75, 3.05) is 5.88 Å². The van der Waals surface area contributed by atoms with Crippen LogP contribution in [-0.4, -0.2) is 5.88 Å². The van der Waals surface area contributed by atoms with E-state index < -0.39 is 0 Å². The highest BCUT2D eigenvalue weighted by Gasteiger charge is 2.12. The molecular weight excluding hydrogens is 339 g/mol. The van der Waals surface area contributed by atoms with Crippen LogP contribution in [-0.2, 0) is 12.8 Å². The van der Waals surface area contributed by atoms with Crippen molar-refractivity contribution in [1.29, 1.82) is 0 Å². The zero-order chi connectivity index (χ0) is 14.5. The van der Waals surface area contributed by atoms with Gasteiger partial charge in [0, 0.05) is 10.4 Å². The normalized spacial score (nSPS) is 12.4. The van der Waals surface area contributed by atoms with Crippen LogP contribution in [0.4, 0.5) is 4.39 Å². The summed E-state index contributed by atoms with van der Waals surface area (Å²) in [5.74, 6) is 0.722. The molecule has 2 rings (SSSR count). The molecule has 0 aliphatic heterocycles. The van der Waals surface area contributed by atoms with Crippen LogP contribution in [0.3, 0.4) is 0 Å². The monoisotopic (exact) mass is 354 g/mol. The highest BCUT2D eigenvalue weighted by atomic mass is 79.9. The predicted octanol–water partition coefficient (Wildman–Crippen LogP) is 5.54. The quantitative estimate of drug-likeness (QED) is 0.618. The summed E-state index contributed by atoms with van der Waals surface area (Å²) in [5.41, 5.74) is 3.66. The zero-order valence-electron chi connectivity index (χ0n) is 11.4. The van der Waals surface area contributed by atoms with Gasteiger partial charge in [0.1, 0.15) is 5.82 Å². The Labute approximate surface area is 133 Å². The maximum Gasteiger partial charge on any atom is 0.124 e. The first-order chi connectivity index (χ1) is 9.58.